The van der Waals surface area contributed by atoms with Crippen molar-refractivity contribution in [3.8, 4) is 0 Å². The van der Waals surface area contributed by atoms with Gasteiger partial charge in [0.2, 0.25) is 0 Å². The SMILES string of the molecule is COC(=O)CCC(=O)OC[C@H]1O[C@@H]([N+]2=CC(C(=O)O)CC=C2)[C@H](O)[C@@H]1O. The Morgan fingerprint density at radius 3 is 2.54 bits per heavy atom. The van der Waals surface area contributed by atoms with Crippen LogP contribution in [0.3, 0.4) is 0 Å². The molecule has 1 saturated heterocycles. The molecule has 0 aliphatic carbocycles. The molecule has 3 N–H and O–H groups in total. The minimum Gasteiger partial charge on any atom is -0.481 e. The van der Waals surface area contributed by atoms with Gasteiger partial charge in [0.15, 0.2) is 18.5 Å². The summed E-state index contributed by atoms with van der Waals surface area (Å²) >= 11 is 0. The Kier molecular flexibility index (Phi) is 6.83. The fourth-order valence-electron chi connectivity index (χ4n) is 2.65. The average Bonchev–Trinajstić information content (AvgIpc) is 2.92. The van der Waals surface area contributed by atoms with Gasteiger partial charge in [-0.25, -0.2) is 0 Å². The van der Waals surface area contributed by atoms with Gasteiger partial charge in [0.05, 0.1) is 20.0 Å². The van der Waals surface area contributed by atoms with Crippen molar-refractivity contribution in [2.45, 2.75) is 43.8 Å². The number of allylic oxidation sites excluding steroid dienone is 1. The van der Waals surface area contributed by atoms with Gasteiger partial charge < -0.3 is 29.5 Å². The summed E-state index contributed by atoms with van der Waals surface area (Å²) in [4.78, 5) is 33.7. The molecule has 26 heavy (non-hydrogen) atoms. The van der Waals surface area contributed by atoms with Crippen LogP contribution >= 0.6 is 0 Å². The summed E-state index contributed by atoms with van der Waals surface area (Å²) in [6, 6.07) is 0. The molecule has 0 amide bonds. The van der Waals surface area contributed by atoms with Gasteiger partial charge in [-0.3, -0.25) is 14.4 Å². The largest absolute Gasteiger partial charge is 0.481 e. The van der Waals surface area contributed by atoms with E-state index in [9.17, 15) is 24.6 Å². The Morgan fingerprint density at radius 2 is 1.88 bits per heavy atom. The van der Waals surface area contributed by atoms with Crippen LogP contribution in [0.4, 0.5) is 0 Å². The molecule has 10 heteroatoms. The quantitative estimate of drug-likeness (QED) is 0.364. The normalized spacial score (nSPS) is 30.6. The van der Waals surface area contributed by atoms with Gasteiger partial charge in [0.1, 0.15) is 24.7 Å². The van der Waals surface area contributed by atoms with Gasteiger partial charge in [0, 0.05) is 0 Å². The summed E-state index contributed by atoms with van der Waals surface area (Å²) in [7, 11) is 1.21. The average molecular weight is 372 g/mol. The first kappa shape index (κ1) is 20.0. The van der Waals surface area contributed by atoms with E-state index in [1.807, 2.05) is 0 Å². The van der Waals surface area contributed by atoms with Gasteiger partial charge in [-0.1, -0.05) is 0 Å². The van der Waals surface area contributed by atoms with Crippen LogP contribution in [-0.4, -0.2) is 82.3 Å². The molecule has 0 aromatic carbocycles. The predicted octanol–water partition coefficient (Wildman–Crippen LogP) is -1.37. The topological polar surface area (TPSA) is 143 Å². The lowest BCUT2D eigenvalue weighted by Crippen LogP contribution is -2.39. The molecule has 0 bridgehead atoms. The first-order valence-corrected chi connectivity index (χ1v) is 8.09. The standard InChI is InChI=1S/C16H21NO9/c1-24-11(18)4-5-12(19)25-8-10-13(20)14(21)15(26-10)17-6-2-3-9(7-17)16(22)23/h2,6-7,9-10,13-15,20-21H,3-5,8H2,1H3/p+1/t9?,10-,13-,14-,15-/m1/s1. The summed E-state index contributed by atoms with van der Waals surface area (Å²) in [5, 5.41) is 29.3. The van der Waals surface area contributed by atoms with Crippen LogP contribution in [0, 0.1) is 5.92 Å². The number of aliphatic hydroxyl groups excluding tert-OH is 2. The van der Waals surface area contributed by atoms with Crippen molar-refractivity contribution in [1.29, 1.82) is 0 Å². The number of aliphatic carboxylic acids is 1. The maximum Gasteiger partial charge on any atom is 0.316 e. The molecular weight excluding hydrogens is 350 g/mol. The van der Waals surface area contributed by atoms with E-state index >= 15 is 0 Å². The smallest absolute Gasteiger partial charge is 0.316 e. The van der Waals surface area contributed by atoms with E-state index in [0.29, 0.717) is 6.42 Å². The molecule has 2 rings (SSSR count). The number of carboxylic acid groups (broad SMARTS) is 1. The molecule has 2 aliphatic rings. The monoisotopic (exact) mass is 372 g/mol. The molecule has 10 nitrogen and oxygen atoms in total. The molecule has 0 aromatic heterocycles. The number of aliphatic hydroxyl groups is 2. The first-order chi connectivity index (χ1) is 12.3. The third-order valence-corrected chi connectivity index (χ3v) is 4.14. The number of hydrogen-bond donors (Lipinski definition) is 3. The summed E-state index contributed by atoms with van der Waals surface area (Å²) in [5.41, 5.74) is 0. The Bertz CT molecular complexity index is 615. The lowest BCUT2D eigenvalue weighted by molar-refractivity contribution is -0.561. The van der Waals surface area contributed by atoms with Gasteiger partial charge in [-0.2, -0.15) is 4.58 Å². The summed E-state index contributed by atoms with van der Waals surface area (Å²) in [6.45, 7) is -0.311. The number of ether oxygens (including phenoxy) is 3. The number of esters is 2. The number of methoxy groups -OCH3 is 1. The number of carbonyl (C=O) groups excluding carboxylic acids is 2. The van der Waals surface area contributed by atoms with Crippen LogP contribution in [0.5, 0.6) is 0 Å². The highest BCUT2D eigenvalue weighted by atomic mass is 16.6. The van der Waals surface area contributed by atoms with Gasteiger partial charge >= 0.3 is 17.9 Å². The van der Waals surface area contributed by atoms with E-state index in [2.05, 4.69) is 4.74 Å². The predicted molar refractivity (Wildman–Crippen MR) is 84.1 cm³/mol. The zero-order valence-corrected chi connectivity index (χ0v) is 14.2. The van der Waals surface area contributed by atoms with Crippen molar-refractivity contribution >= 4 is 24.1 Å². The van der Waals surface area contributed by atoms with Gasteiger partial charge in [-0.15, -0.1) is 0 Å². The first-order valence-electron chi connectivity index (χ1n) is 8.09. The third-order valence-electron chi connectivity index (χ3n) is 4.14. The lowest BCUT2D eigenvalue weighted by atomic mass is 10.0. The third kappa shape index (κ3) is 4.87. The highest BCUT2D eigenvalue weighted by molar-refractivity contribution is 5.87. The van der Waals surface area contributed by atoms with Crippen molar-refractivity contribution in [2.24, 2.45) is 5.92 Å². The van der Waals surface area contributed by atoms with Crippen molar-refractivity contribution in [3.63, 3.8) is 0 Å². The van der Waals surface area contributed by atoms with Crippen molar-refractivity contribution < 1.29 is 48.5 Å². The van der Waals surface area contributed by atoms with Crippen molar-refractivity contribution in [3.05, 3.63) is 12.3 Å². The van der Waals surface area contributed by atoms with Gasteiger partial charge in [0.25, 0.3) is 6.23 Å². The summed E-state index contributed by atoms with van der Waals surface area (Å²) < 4.78 is 16.3. The maximum absolute atomic E-state index is 11.6. The second-order valence-corrected chi connectivity index (χ2v) is 5.97. The van der Waals surface area contributed by atoms with E-state index < -0.39 is 48.4 Å². The van der Waals surface area contributed by atoms with Crippen LogP contribution in [-0.2, 0) is 28.6 Å². The highest BCUT2D eigenvalue weighted by Gasteiger charge is 2.49. The van der Waals surface area contributed by atoms with Crippen LogP contribution in [0.15, 0.2) is 12.3 Å². The molecule has 5 atom stereocenters. The highest BCUT2D eigenvalue weighted by Crippen LogP contribution is 2.24. The summed E-state index contributed by atoms with van der Waals surface area (Å²) in [5.74, 6) is -2.99. The fourth-order valence-corrected chi connectivity index (χ4v) is 2.65. The second kappa shape index (κ2) is 8.88. The Morgan fingerprint density at radius 1 is 1.19 bits per heavy atom. The van der Waals surface area contributed by atoms with Crippen molar-refractivity contribution in [2.75, 3.05) is 13.7 Å². The molecule has 0 spiro atoms. The van der Waals surface area contributed by atoms with Crippen LogP contribution in [0.2, 0.25) is 0 Å². The lowest BCUT2D eigenvalue weighted by Gasteiger charge is -2.15. The number of nitrogens with zero attached hydrogens (tertiary/aromatic N) is 1. The number of hydrogen-bond acceptors (Lipinski definition) is 8. The maximum atomic E-state index is 11.6. The Hall–Kier alpha value is -2.30. The van der Waals surface area contributed by atoms with Crippen LogP contribution in [0.1, 0.15) is 19.3 Å². The van der Waals surface area contributed by atoms with E-state index in [0.717, 1.165) is 0 Å². The molecule has 144 valence electrons. The number of carboxylic acids is 1. The molecule has 0 radical (unpaired) electrons. The zero-order valence-electron chi connectivity index (χ0n) is 14.2. The molecule has 0 aromatic rings. The number of carbonyl (C=O) groups is 3. The molecule has 1 unspecified atom stereocenters. The van der Waals surface area contributed by atoms with Crippen LogP contribution in [0.25, 0.3) is 0 Å². The molecule has 0 saturated carbocycles. The minimum absolute atomic E-state index is 0.126. The second-order valence-electron chi connectivity index (χ2n) is 5.97. The molecule has 2 aliphatic heterocycles. The molecular formula is C16H22NO9+. The van der Waals surface area contributed by atoms with Crippen molar-refractivity contribution in [1.82, 2.24) is 0 Å². The minimum atomic E-state index is -1.32. The molecule has 2 heterocycles. The van der Waals surface area contributed by atoms with E-state index in [1.54, 1.807) is 12.3 Å². The van der Waals surface area contributed by atoms with E-state index in [1.165, 1.54) is 17.9 Å². The zero-order chi connectivity index (χ0) is 19.3. The summed E-state index contributed by atoms with van der Waals surface area (Å²) in [6.07, 6.45) is -0.0181. The number of rotatable bonds is 7. The van der Waals surface area contributed by atoms with E-state index in [-0.39, 0.29) is 19.4 Å². The fraction of sp³-hybridized carbons (Fsp3) is 0.625. The van der Waals surface area contributed by atoms with Crippen LogP contribution < -0.4 is 0 Å². The Labute approximate surface area is 149 Å². The molecule has 1 fully saturated rings. The van der Waals surface area contributed by atoms with E-state index in [4.69, 9.17) is 14.6 Å². The van der Waals surface area contributed by atoms with Gasteiger partial charge in [-0.05, 0) is 12.5 Å². The Balaban J connectivity index is 1.91.